The van der Waals surface area contributed by atoms with Gasteiger partial charge in [0.2, 0.25) is 5.95 Å². The van der Waals surface area contributed by atoms with E-state index in [2.05, 4.69) is 77.6 Å². The van der Waals surface area contributed by atoms with Gasteiger partial charge in [0.05, 0.1) is 17.9 Å². The van der Waals surface area contributed by atoms with Gasteiger partial charge in [0, 0.05) is 56.5 Å². The summed E-state index contributed by atoms with van der Waals surface area (Å²) in [6, 6.07) is 11.2. The third-order valence-electron chi connectivity index (χ3n) is 11.0. The Hall–Kier alpha value is -2.46. The molecule has 9 nitrogen and oxygen atoms in total. The minimum atomic E-state index is -0.899. The summed E-state index contributed by atoms with van der Waals surface area (Å²) in [4.78, 5) is 27.0. The van der Waals surface area contributed by atoms with Crippen LogP contribution in [0.15, 0.2) is 42.7 Å². The van der Waals surface area contributed by atoms with Crippen molar-refractivity contribution in [2.75, 3.05) is 36.9 Å². The molecule has 0 unspecified atom stereocenters. The van der Waals surface area contributed by atoms with Crippen molar-refractivity contribution in [3.8, 4) is 0 Å². The number of hydrogen-bond donors (Lipinski definition) is 1. The van der Waals surface area contributed by atoms with E-state index in [0.29, 0.717) is 30.6 Å². The molecule has 0 spiro atoms. The second-order valence-corrected chi connectivity index (χ2v) is 14.3. The van der Waals surface area contributed by atoms with Crippen molar-refractivity contribution in [2.24, 2.45) is 24.8 Å². The minimum Gasteiger partial charge on any atom is -0.550 e. The predicted octanol–water partition coefficient (Wildman–Crippen LogP) is 2.14. The molecule has 3 aromatic rings. The zero-order chi connectivity index (χ0) is 32.2. The molecule has 10 heteroatoms. The smallest absolute Gasteiger partial charge is 0.550 e. The number of hydrogen-bond acceptors (Lipinski definition) is 8. The van der Waals surface area contributed by atoms with Crippen LogP contribution < -0.4 is 44.9 Å². The Kier molecular flexibility index (Phi) is 12.4. The second kappa shape index (κ2) is 16.3. The second-order valence-electron chi connectivity index (χ2n) is 14.3. The average molecular weight is 650 g/mol. The number of likely N-dealkylation sites (tertiary alicyclic amines) is 1. The van der Waals surface area contributed by atoms with E-state index in [4.69, 9.17) is 9.97 Å². The van der Waals surface area contributed by atoms with Crippen molar-refractivity contribution in [2.45, 2.75) is 96.1 Å². The van der Waals surface area contributed by atoms with E-state index in [1.807, 2.05) is 17.9 Å². The van der Waals surface area contributed by atoms with E-state index in [0.717, 1.165) is 75.6 Å². The Bertz CT molecular complexity index is 1460. The first-order valence-corrected chi connectivity index (χ1v) is 17.6. The predicted molar refractivity (Wildman–Crippen MR) is 181 cm³/mol. The topological polar surface area (TPSA) is 102 Å². The fourth-order valence-corrected chi connectivity index (χ4v) is 8.43. The van der Waals surface area contributed by atoms with Gasteiger partial charge in [-0.1, -0.05) is 44.2 Å². The maximum absolute atomic E-state index is 11.5. The van der Waals surface area contributed by atoms with Crippen molar-refractivity contribution in [3.05, 3.63) is 65.1 Å². The number of rotatable bonds is 11. The maximum atomic E-state index is 11.5. The van der Waals surface area contributed by atoms with Crippen LogP contribution in [-0.4, -0.2) is 63.3 Å². The number of carbonyl (C=O) groups excluding carboxylic acids is 1. The number of nitrogens with one attached hydrogen (secondary N) is 1. The van der Waals surface area contributed by atoms with Crippen molar-refractivity contribution < 1.29 is 39.5 Å². The normalized spacial score (nSPS) is 24.4. The van der Waals surface area contributed by atoms with E-state index in [9.17, 15) is 9.90 Å². The SMILES string of the molecule is CC[C@H](C1CCC(C(=O)[O-])CC1)N(C)c1nc2c(c(N[C@@H](CN3CCC[C@H](C)C3)c3cnn(C)c3)n1)C[C@H](c1ccccc1)CC2.[Na+]. The minimum absolute atomic E-state index is 0. The van der Waals surface area contributed by atoms with Crippen LogP contribution in [0.4, 0.5) is 11.8 Å². The van der Waals surface area contributed by atoms with Gasteiger partial charge in [0.25, 0.3) is 0 Å². The van der Waals surface area contributed by atoms with E-state index in [1.54, 1.807) is 0 Å². The number of carboxylic acids is 1. The molecule has 1 saturated carbocycles. The van der Waals surface area contributed by atoms with Gasteiger partial charge < -0.3 is 25.0 Å². The molecule has 2 aliphatic carbocycles. The van der Waals surface area contributed by atoms with Crippen LogP contribution in [0.2, 0.25) is 0 Å². The van der Waals surface area contributed by atoms with Crippen molar-refractivity contribution in [3.63, 3.8) is 0 Å². The molecule has 47 heavy (non-hydrogen) atoms. The molecule has 248 valence electrons. The number of piperidine rings is 1. The number of anilines is 2. The number of aryl methyl sites for hydroxylation is 2. The van der Waals surface area contributed by atoms with Gasteiger partial charge in [-0.3, -0.25) is 4.68 Å². The standard InChI is InChI=1S/C37H53N7O2.Na/c1-5-34(27-13-15-28(16-14-27)36(45)46)43(4)37-40-32-18-17-29(26-11-7-6-8-12-26)20-31(32)35(41-37)39-33(30-21-38-42(3)23-30)24-44-19-9-10-25(2)22-44;/h6-8,11-12,21,23,25,27-29,33-34H,5,9-10,13-20,22,24H2,1-4H3,(H,45,46)(H,39,40,41);/q;+1/p-1/t25-,27?,28?,29+,33-,34+;/m0./s1. The zero-order valence-corrected chi connectivity index (χ0v) is 31.2. The Morgan fingerprint density at radius 3 is 2.53 bits per heavy atom. The Labute approximate surface area is 303 Å². The van der Waals surface area contributed by atoms with Crippen LogP contribution in [0.25, 0.3) is 0 Å². The van der Waals surface area contributed by atoms with E-state index in [1.165, 1.54) is 29.5 Å². The Morgan fingerprint density at radius 1 is 1.11 bits per heavy atom. The molecule has 2 aromatic heterocycles. The number of nitrogens with zero attached hydrogens (tertiary/aromatic N) is 6. The van der Waals surface area contributed by atoms with E-state index in [-0.39, 0.29) is 47.6 Å². The number of aliphatic carboxylic acids is 1. The average Bonchev–Trinajstić information content (AvgIpc) is 3.51. The molecule has 2 fully saturated rings. The van der Waals surface area contributed by atoms with Crippen LogP contribution in [0.1, 0.15) is 99.6 Å². The summed E-state index contributed by atoms with van der Waals surface area (Å²) in [5.41, 5.74) is 4.94. The molecular weight excluding hydrogens is 597 g/mol. The van der Waals surface area contributed by atoms with Gasteiger partial charge in [-0.25, -0.2) is 4.98 Å². The van der Waals surface area contributed by atoms with Crippen LogP contribution in [-0.2, 0) is 24.7 Å². The Morgan fingerprint density at radius 2 is 1.87 bits per heavy atom. The molecule has 1 N–H and O–H groups in total. The number of aromatic nitrogens is 4. The first-order valence-electron chi connectivity index (χ1n) is 17.6. The molecule has 3 aliphatic rings. The van der Waals surface area contributed by atoms with Crippen molar-refractivity contribution in [1.82, 2.24) is 24.6 Å². The fraction of sp³-hybridized carbons (Fsp3) is 0.622. The number of carbonyl (C=O) groups is 1. The summed E-state index contributed by atoms with van der Waals surface area (Å²) in [6.07, 6.45) is 13.7. The van der Waals surface area contributed by atoms with Gasteiger partial charge in [-0.15, -0.1) is 0 Å². The van der Waals surface area contributed by atoms with E-state index < -0.39 is 5.97 Å². The summed E-state index contributed by atoms with van der Waals surface area (Å²) in [5.74, 6) is 2.04. The molecule has 4 atom stereocenters. The third kappa shape index (κ3) is 8.59. The van der Waals surface area contributed by atoms with Gasteiger partial charge in [-0.05, 0) is 100.0 Å². The summed E-state index contributed by atoms with van der Waals surface area (Å²) >= 11 is 0. The quantitative estimate of drug-likeness (QED) is 0.316. The molecule has 0 bridgehead atoms. The van der Waals surface area contributed by atoms with Gasteiger partial charge in [0.1, 0.15) is 5.82 Å². The fourth-order valence-electron chi connectivity index (χ4n) is 8.43. The molecular formula is C37H52N7NaO2. The zero-order valence-electron chi connectivity index (χ0n) is 29.2. The summed E-state index contributed by atoms with van der Waals surface area (Å²) in [7, 11) is 4.12. The maximum Gasteiger partial charge on any atom is 1.00 e. The number of fused-ring (bicyclic) bond motifs is 1. The first kappa shape index (κ1) is 35.8. The molecule has 1 aromatic carbocycles. The molecule has 1 aliphatic heterocycles. The third-order valence-corrected chi connectivity index (χ3v) is 11.0. The van der Waals surface area contributed by atoms with Crippen LogP contribution in [0.3, 0.4) is 0 Å². The van der Waals surface area contributed by atoms with Gasteiger partial charge in [0.15, 0.2) is 0 Å². The molecule has 3 heterocycles. The van der Waals surface area contributed by atoms with E-state index >= 15 is 0 Å². The first-order chi connectivity index (χ1) is 22.3. The van der Waals surface area contributed by atoms with Crippen molar-refractivity contribution in [1.29, 1.82) is 0 Å². The number of carboxylic acid groups (broad SMARTS) is 1. The van der Waals surface area contributed by atoms with Crippen LogP contribution in [0.5, 0.6) is 0 Å². The van der Waals surface area contributed by atoms with Gasteiger partial charge >= 0.3 is 29.6 Å². The largest absolute Gasteiger partial charge is 1.00 e. The van der Waals surface area contributed by atoms with Gasteiger partial charge in [-0.2, -0.15) is 10.1 Å². The summed E-state index contributed by atoms with van der Waals surface area (Å²) < 4.78 is 1.89. The summed E-state index contributed by atoms with van der Waals surface area (Å²) in [6.45, 7) is 7.73. The molecule has 1 saturated heterocycles. The molecule has 0 radical (unpaired) electrons. The molecule has 6 rings (SSSR count). The Balaban J connectivity index is 0.00000433. The molecule has 0 amide bonds. The monoisotopic (exact) mass is 649 g/mol. The number of benzene rings is 1. The van der Waals surface area contributed by atoms with Crippen LogP contribution >= 0.6 is 0 Å². The van der Waals surface area contributed by atoms with Crippen LogP contribution in [0, 0.1) is 17.8 Å². The van der Waals surface area contributed by atoms with Crippen molar-refractivity contribution >= 4 is 17.7 Å². The summed E-state index contributed by atoms with van der Waals surface area (Å²) in [5, 5.41) is 20.0.